The predicted octanol–water partition coefficient (Wildman–Crippen LogP) is 1.09. The first-order valence-electron chi connectivity index (χ1n) is 6.58. The molecular weight excluding hydrogens is 276 g/mol. The van der Waals surface area contributed by atoms with Crippen LogP contribution in [-0.4, -0.2) is 37.0 Å². The van der Waals surface area contributed by atoms with Crippen molar-refractivity contribution in [3.8, 4) is 6.07 Å². The Hall–Kier alpha value is -1.42. The zero-order valence-electron chi connectivity index (χ0n) is 11.4. The molecule has 1 saturated heterocycles. The van der Waals surface area contributed by atoms with Gasteiger partial charge in [0.15, 0.2) is 0 Å². The van der Waals surface area contributed by atoms with Gasteiger partial charge in [-0.2, -0.15) is 5.26 Å². The fraction of sp³-hybridized carbons (Fsp3) is 0.500. The van der Waals surface area contributed by atoms with Crippen LogP contribution in [0.2, 0.25) is 0 Å². The van der Waals surface area contributed by atoms with E-state index in [1.54, 1.807) is 31.2 Å². The number of nitriles is 1. The summed E-state index contributed by atoms with van der Waals surface area (Å²) in [5.41, 5.74) is 0.915. The Morgan fingerprint density at radius 1 is 1.50 bits per heavy atom. The normalized spacial score (nSPS) is 21.6. The van der Waals surface area contributed by atoms with Crippen LogP contribution in [0.25, 0.3) is 0 Å². The third-order valence-corrected chi connectivity index (χ3v) is 5.53. The summed E-state index contributed by atoms with van der Waals surface area (Å²) in [5.74, 6) is -0.167. The van der Waals surface area contributed by atoms with Crippen molar-refractivity contribution >= 4 is 10.0 Å². The summed E-state index contributed by atoms with van der Waals surface area (Å²) in [6, 6.07) is 8.74. The van der Waals surface area contributed by atoms with Gasteiger partial charge >= 0.3 is 0 Å². The molecule has 6 heteroatoms. The molecule has 2 rings (SSSR count). The van der Waals surface area contributed by atoms with Crippen molar-refractivity contribution in [3.63, 3.8) is 0 Å². The van der Waals surface area contributed by atoms with Gasteiger partial charge in [-0.1, -0.05) is 18.2 Å². The van der Waals surface area contributed by atoms with Crippen LogP contribution in [0, 0.1) is 17.2 Å². The van der Waals surface area contributed by atoms with E-state index in [-0.39, 0.29) is 11.7 Å². The highest BCUT2D eigenvalue weighted by atomic mass is 32.2. The van der Waals surface area contributed by atoms with Crippen LogP contribution in [0.3, 0.4) is 0 Å². The molecule has 1 aliphatic heterocycles. The molecule has 1 heterocycles. The number of hydrogen-bond donors (Lipinski definition) is 1. The average Bonchev–Trinajstić information content (AvgIpc) is 2.89. The fourth-order valence-electron chi connectivity index (χ4n) is 2.44. The van der Waals surface area contributed by atoms with Gasteiger partial charge in [-0.15, -0.1) is 0 Å². The molecule has 0 spiro atoms. The second-order valence-corrected chi connectivity index (χ2v) is 7.14. The minimum atomic E-state index is -3.44. The Kier molecular flexibility index (Phi) is 4.43. The van der Waals surface area contributed by atoms with Crippen LogP contribution in [0.4, 0.5) is 0 Å². The number of aliphatic hydroxyl groups is 1. The number of rotatable bonds is 4. The molecule has 0 radical (unpaired) electrons. The van der Waals surface area contributed by atoms with Gasteiger partial charge in [0.2, 0.25) is 10.0 Å². The topological polar surface area (TPSA) is 81.4 Å². The van der Waals surface area contributed by atoms with E-state index in [1.165, 1.54) is 4.31 Å². The maximum Gasteiger partial charge on any atom is 0.218 e. The van der Waals surface area contributed by atoms with Gasteiger partial charge in [0, 0.05) is 13.1 Å². The Morgan fingerprint density at radius 2 is 2.20 bits per heavy atom. The van der Waals surface area contributed by atoms with Crippen LogP contribution in [0.15, 0.2) is 24.3 Å². The molecule has 0 bridgehead atoms. The van der Waals surface area contributed by atoms with Crippen molar-refractivity contribution in [2.75, 3.05) is 13.1 Å². The van der Waals surface area contributed by atoms with Crippen LogP contribution in [0.1, 0.15) is 24.5 Å². The Labute approximate surface area is 119 Å². The van der Waals surface area contributed by atoms with Gasteiger partial charge in [-0.25, -0.2) is 12.7 Å². The number of benzene rings is 1. The summed E-state index contributed by atoms with van der Waals surface area (Å²) in [6.45, 7) is 2.48. The van der Waals surface area contributed by atoms with E-state index in [0.717, 1.165) is 0 Å². The smallest absolute Gasteiger partial charge is 0.218 e. The summed E-state index contributed by atoms with van der Waals surface area (Å²) in [7, 11) is -3.44. The molecule has 20 heavy (non-hydrogen) atoms. The molecule has 1 aromatic rings. The molecule has 1 aliphatic rings. The lowest BCUT2D eigenvalue weighted by molar-refractivity contribution is 0.133. The molecule has 1 N–H and O–H groups in total. The molecule has 1 aromatic carbocycles. The molecular formula is C14H18N2O3S. The van der Waals surface area contributed by atoms with Crippen molar-refractivity contribution in [2.45, 2.75) is 25.2 Å². The lowest BCUT2D eigenvalue weighted by Crippen LogP contribution is -2.31. The maximum atomic E-state index is 12.4. The van der Waals surface area contributed by atoms with Gasteiger partial charge in [0.1, 0.15) is 0 Å². The molecule has 0 saturated carbocycles. The Balaban J connectivity index is 2.15. The highest BCUT2D eigenvalue weighted by Gasteiger charge is 2.33. The minimum Gasteiger partial charge on any atom is -0.393 e. The number of hydrogen-bond acceptors (Lipinski definition) is 4. The first kappa shape index (κ1) is 15.0. The van der Waals surface area contributed by atoms with Crippen LogP contribution < -0.4 is 0 Å². The number of nitrogens with zero attached hydrogens (tertiary/aromatic N) is 2. The van der Waals surface area contributed by atoms with Gasteiger partial charge in [-0.3, -0.25) is 0 Å². The summed E-state index contributed by atoms with van der Waals surface area (Å²) < 4.78 is 26.2. The lowest BCUT2D eigenvalue weighted by Gasteiger charge is -2.18. The molecule has 2 unspecified atom stereocenters. The first-order chi connectivity index (χ1) is 9.44. The number of aliphatic hydroxyl groups excluding tert-OH is 1. The molecule has 108 valence electrons. The second kappa shape index (κ2) is 5.92. The van der Waals surface area contributed by atoms with Crippen molar-refractivity contribution in [3.05, 3.63) is 35.4 Å². The third-order valence-electron chi connectivity index (χ3n) is 3.74. The van der Waals surface area contributed by atoms with E-state index in [1.807, 2.05) is 6.07 Å². The largest absolute Gasteiger partial charge is 0.393 e. The summed E-state index contributed by atoms with van der Waals surface area (Å²) in [4.78, 5) is 0. The highest BCUT2D eigenvalue weighted by molar-refractivity contribution is 7.88. The Morgan fingerprint density at radius 3 is 2.80 bits per heavy atom. The van der Waals surface area contributed by atoms with Gasteiger partial charge in [0.25, 0.3) is 0 Å². The molecule has 5 nitrogen and oxygen atoms in total. The van der Waals surface area contributed by atoms with Gasteiger partial charge in [0.05, 0.1) is 23.5 Å². The van der Waals surface area contributed by atoms with E-state index < -0.39 is 16.1 Å². The maximum absolute atomic E-state index is 12.4. The van der Waals surface area contributed by atoms with Crippen LogP contribution in [-0.2, 0) is 15.8 Å². The van der Waals surface area contributed by atoms with E-state index in [0.29, 0.717) is 30.6 Å². The number of sulfonamides is 1. The summed E-state index contributed by atoms with van der Waals surface area (Å²) in [6.07, 6.45) is 0.179. The first-order valence-corrected chi connectivity index (χ1v) is 8.19. The van der Waals surface area contributed by atoms with Gasteiger partial charge in [-0.05, 0) is 30.9 Å². The lowest BCUT2D eigenvalue weighted by atomic mass is 10.0. The van der Waals surface area contributed by atoms with Crippen molar-refractivity contribution in [2.24, 2.45) is 5.92 Å². The summed E-state index contributed by atoms with van der Waals surface area (Å²) >= 11 is 0. The monoisotopic (exact) mass is 294 g/mol. The van der Waals surface area contributed by atoms with Crippen LogP contribution in [0.5, 0.6) is 0 Å². The average molecular weight is 294 g/mol. The predicted molar refractivity (Wildman–Crippen MR) is 75.1 cm³/mol. The van der Waals surface area contributed by atoms with Gasteiger partial charge < -0.3 is 5.11 Å². The van der Waals surface area contributed by atoms with Crippen molar-refractivity contribution < 1.29 is 13.5 Å². The van der Waals surface area contributed by atoms with Crippen molar-refractivity contribution in [1.82, 2.24) is 4.31 Å². The fourth-order valence-corrected chi connectivity index (χ4v) is 4.07. The van der Waals surface area contributed by atoms with E-state index >= 15 is 0 Å². The molecule has 0 aromatic heterocycles. The van der Waals surface area contributed by atoms with Crippen LogP contribution >= 0.6 is 0 Å². The quantitative estimate of drug-likeness (QED) is 0.901. The Bertz CT molecular complexity index is 620. The zero-order chi connectivity index (χ0) is 14.8. The molecule has 0 aliphatic carbocycles. The molecule has 0 amide bonds. The standard InChI is InChI=1S/C14H18N2O3S/c1-11(17)13-6-7-16(9-13)20(18,19)10-14-5-3-2-4-12(14)8-15/h2-5,11,13,17H,6-7,9-10H2,1H3. The SMILES string of the molecule is CC(O)C1CCN(S(=O)(=O)Cc2ccccc2C#N)C1. The molecule has 2 atom stereocenters. The molecule has 1 fully saturated rings. The second-order valence-electron chi connectivity index (χ2n) is 5.17. The minimum absolute atomic E-state index is 0.00372. The zero-order valence-corrected chi connectivity index (χ0v) is 12.2. The summed E-state index contributed by atoms with van der Waals surface area (Å²) in [5, 5.41) is 18.5. The third kappa shape index (κ3) is 3.18. The van der Waals surface area contributed by atoms with E-state index in [4.69, 9.17) is 5.26 Å². The highest BCUT2D eigenvalue weighted by Crippen LogP contribution is 2.24. The van der Waals surface area contributed by atoms with E-state index in [9.17, 15) is 13.5 Å². The van der Waals surface area contributed by atoms with Crippen molar-refractivity contribution in [1.29, 1.82) is 5.26 Å². The van der Waals surface area contributed by atoms with E-state index in [2.05, 4.69) is 0 Å².